The van der Waals surface area contributed by atoms with E-state index in [0.29, 0.717) is 6.61 Å². The predicted molar refractivity (Wildman–Crippen MR) is 98.4 cm³/mol. The summed E-state index contributed by atoms with van der Waals surface area (Å²) < 4.78 is 5.36. The maximum atomic E-state index is 12.6. The largest absolute Gasteiger partial charge is 0.450 e. The smallest absolute Gasteiger partial charge is 0.411 e. The quantitative estimate of drug-likeness (QED) is 0.717. The Hall–Kier alpha value is -1.08. The molecule has 2 heterocycles. The number of hydrogen-bond donors (Lipinski definition) is 0. The Morgan fingerprint density at radius 3 is 1.73 bits per heavy atom. The van der Waals surface area contributed by atoms with Gasteiger partial charge in [0.05, 0.1) is 34.8 Å². The van der Waals surface area contributed by atoms with E-state index < -0.39 is 16.1 Å². The second kappa shape index (κ2) is 5.85. The number of allylic oxidation sites excluding steroid dienone is 2. The SMILES string of the molecule is CCOC(=O)N1[C@@H]2C=CC=C[C@H]1C([Si](C)(C)C)=C2[Si](C)(C)C. The summed E-state index contributed by atoms with van der Waals surface area (Å²) in [5.41, 5.74) is 0. The molecule has 22 heavy (non-hydrogen) atoms. The first-order valence-corrected chi connectivity index (χ1v) is 15.1. The van der Waals surface area contributed by atoms with Crippen molar-refractivity contribution in [1.82, 2.24) is 4.90 Å². The van der Waals surface area contributed by atoms with E-state index >= 15 is 0 Å². The van der Waals surface area contributed by atoms with Gasteiger partial charge in [-0.15, -0.1) is 0 Å². The summed E-state index contributed by atoms with van der Waals surface area (Å²) >= 11 is 0. The van der Waals surface area contributed by atoms with Gasteiger partial charge in [-0.25, -0.2) is 4.79 Å². The zero-order valence-electron chi connectivity index (χ0n) is 14.9. The summed E-state index contributed by atoms with van der Waals surface area (Å²) in [7, 11) is -3.07. The zero-order valence-corrected chi connectivity index (χ0v) is 16.9. The van der Waals surface area contributed by atoms with Crippen LogP contribution in [0, 0.1) is 0 Å². The second-order valence-corrected chi connectivity index (χ2v) is 18.2. The second-order valence-electron chi connectivity index (χ2n) is 8.09. The molecule has 2 atom stereocenters. The third kappa shape index (κ3) is 3.01. The number of carbonyl (C=O) groups is 1. The fourth-order valence-corrected chi connectivity index (χ4v) is 10.0. The topological polar surface area (TPSA) is 29.5 Å². The van der Waals surface area contributed by atoms with Crippen molar-refractivity contribution in [3.8, 4) is 0 Å². The van der Waals surface area contributed by atoms with Crippen LogP contribution in [0.3, 0.4) is 0 Å². The molecule has 2 aliphatic heterocycles. The minimum absolute atomic E-state index is 0.0763. The Morgan fingerprint density at radius 2 is 1.41 bits per heavy atom. The Labute approximate surface area is 136 Å². The number of rotatable bonds is 3. The molecular formula is C17H29NO2Si2. The van der Waals surface area contributed by atoms with Crippen molar-refractivity contribution in [3.05, 3.63) is 34.7 Å². The van der Waals surface area contributed by atoms with Crippen LogP contribution >= 0.6 is 0 Å². The number of amides is 1. The van der Waals surface area contributed by atoms with E-state index in [9.17, 15) is 4.79 Å². The van der Waals surface area contributed by atoms with Gasteiger partial charge in [-0.05, 0) is 6.92 Å². The van der Waals surface area contributed by atoms with Crippen LogP contribution in [0.25, 0.3) is 0 Å². The van der Waals surface area contributed by atoms with Gasteiger partial charge in [0, 0.05) is 0 Å². The Kier molecular flexibility index (Phi) is 4.59. The molecule has 5 heteroatoms. The van der Waals surface area contributed by atoms with Crippen molar-refractivity contribution in [1.29, 1.82) is 0 Å². The molecule has 1 amide bonds. The molecule has 2 rings (SSSR count). The highest BCUT2D eigenvalue weighted by molar-refractivity contribution is 6.90. The molecule has 0 radical (unpaired) electrons. The molecular weight excluding hydrogens is 306 g/mol. The first kappa shape index (κ1) is 17.3. The lowest BCUT2D eigenvalue weighted by molar-refractivity contribution is 0.103. The highest BCUT2D eigenvalue weighted by atomic mass is 28.3. The molecule has 0 aromatic rings. The minimum Gasteiger partial charge on any atom is -0.450 e. The van der Waals surface area contributed by atoms with Gasteiger partial charge in [-0.3, -0.25) is 4.90 Å². The summed E-state index contributed by atoms with van der Waals surface area (Å²) in [5.74, 6) is 0. The van der Waals surface area contributed by atoms with Crippen LogP contribution in [0.4, 0.5) is 4.79 Å². The van der Waals surface area contributed by atoms with Crippen molar-refractivity contribution >= 4 is 22.2 Å². The van der Waals surface area contributed by atoms with Gasteiger partial charge >= 0.3 is 6.09 Å². The zero-order chi connectivity index (χ0) is 16.7. The van der Waals surface area contributed by atoms with Gasteiger partial charge in [-0.1, -0.05) is 74.0 Å². The Balaban J connectivity index is 2.63. The summed E-state index contributed by atoms with van der Waals surface area (Å²) in [6.07, 6.45) is 8.33. The number of nitrogens with zero attached hydrogens (tertiary/aromatic N) is 1. The number of fused-ring (bicyclic) bond motifs is 2. The van der Waals surface area contributed by atoms with Crippen molar-refractivity contribution in [2.24, 2.45) is 0 Å². The average Bonchev–Trinajstić information content (AvgIpc) is 2.51. The highest BCUT2D eigenvalue weighted by Crippen LogP contribution is 2.42. The average molecular weight is 336 g/mol. The Morgan fingerprint density at radius 1 is 1.00 bits per heavy atom. The minimum atomic E-state index is -1.54. The van der Waals surface area contributed by atoms with Gasteiger partial charge in [0.15, 0.2) is 0 Å². The van der Waals surface area contributed by atoms with Crippen molar-refractivity contribution < 1.29 is 9.53 Å². The monoisotopic (exact) mass is 335 g/mol. The number of hydrogen-bond acceptors (Lipinski definition) is 2. The Bertz CT molecular complexity index is 510. The van der Waals surface area contributed by atoms with E-state index in [1.165, 1.54) is 0 Å². The first-order chi connectivity index (χ1) is 10.1. The van der Waals surface area contributed by atoms with Crippen LogP contribution in [-0.4, -0.2) is 45.8 Å². The highest BCUT2D eigenvalue weighted by Gasteiger charge is 2.49. The molecule has 0 saturated carbocycles. The van der Waals surface area contributed by atoms with E-state index in [4.69, 9.17) is 4.74 Å². The van der Waals surface area contributed by atoms with E-state index in [2.05, 4.69) is 63.6 Å². The van der Waals surface area contributed by atoms with E-state index in [1.807, 2.05) is 11.8 Å². The standard InChI is InChI=1S/C17H29NO2Si2/c1-8-20-17(19)18-13-11-9-10-12-14(18)16(22(5,6)7)15(13)21(2,3)4/h9-14H,8H2,1-7H3/t13-,14+. The molecule has 3 nitrogen and oxygen atoms in total. The molecule has 2 aliphatic rings. The normalized spacial score (nSPS) is 24.8. The summed E-state index contributed by atoms with van der Waals surface area (Å²) in [6, 6.07) is 0.153. The molecule has 0 unspecified atom stereocenters. The van der Waals surface area contributed by atoms with E-state index in [-0.39, 0.29) is 18.2 Å². The summed E-state index contributed by atoms with van der Waals surface area (Å²) in [4.78, 5) is 14.6. The fraction of sp³-hybridized carbons (Fsp3) is 0.588. The van der Waals surface area contributed by atoms with Crippen LogP contribution in [0.1, 0.15) is 6.92 Å². The lowest BCUT2D eigenvalue weighted by atomic mass is 10.2. The molecule has 0 aromatic carbocycles. The van der Waals surface area contributed by atoms with Gasteiger partial charge < -0.3 is 4.74 Å². The maximum absolute atomic E-state index is 12.6. The van der Waals surface area contributed by atoms with E-state index in [0.717, 1.165) is 0 Å². The van der Waals surface area contributed by atoms with Crippen molar-refractivity contribution in [3.63, 3.8) is 0 Å². The van der Waals surface area contributed by atoms with Crippen molar-refractivity contribution in [2.75, 3.05) is 6.61 Å². The van der Waals surface area contributed by atoms with Crippen molar-refractivity contribution in [2.45, 2.75) is 58.3 Å². The van der Waals surface area contributed by atoms with Gasteiger partial charge in [0.1, 0.15) is 0 Å². The van der Waals surface area contributed by atoms with E-state index in [1.54, 1.807) is 10.4 Å². The molecule has 0 spiro atoms. The molecule has 0 aromatic heterocycles. The molecule has 2 bridgehead atoms. The van der Waals surface area contributed by atoms with Gasteiger partial charge in [0.25, 0.3) is 0 Å². The van der Waals surface area contributed by atoms with Gasteiger partial charge in [-0.2, -0.15) is 0 Å². The first-order valence-electron chi connectivity index (χ1n) is 8.14. The summed E-state index contributed by atoms with van der Waals surface area (Å²) in [6.45, 7) is 16.6. The van der Waals surface area contributed by atoms with Crippen LogP contribution in [0.2, 0.25) is 39.3 Å². The third-order valence-electron chi connectivity index (χ3n) is 4.27. The number of carbonyl (C=O) groups excluding carboxylic acids is 1. The molecule has 0 fully saturated rings. The van der Waals surface area contributed by atoms with Crippen LogP contribution < -0.4 is 0 Å². The van der Waals surface area contributed by atoms with Crippen LogP contribution in [0.15, 0.2) is 34.7 Å². The third-order valence-corrected chi connectivity index (χ3v) is 8.89. The summed E-state index contributed by atoms with van der Waals surface area (Å²) in [5, 5.41) is 3.09. The lowest BCUT2D eigenvalue weighted by Gasteiger charge is -2.30. The molecule has 0 N–H and O–H groups in total. The number of ether oxygens (including phenoxy) is 1. The maximum Gasteiger partial charge on any atom is 0.411 e. The lowest BCUT2D eigenvalue weighted by Crippen LogP contribution is -2.44. The van der Waals surface area contributed by atoms with Crippen LogP contribution in [-0.2, 0) is 4.74 Å². The molecule has 0 aliphatic carbocycles. The molecule has 0 saturated heterocycles. The fourth-order valence-electron chi connectivity index (χ4n) is 3.61. The molecule has 122 valence electrons. The predicted octanol–water partition coefficient (Wildman–Crippen LogP) is 4.37. The van der Waals surface area contributed by atoms with Gasteiger partial charge in [0.2, 0.25) is 0 Å². The van der Waals surface area contributed by atoms with Crippen LogP contribution in [0.5, 0.6) is 0 Å².